The predicted molar refractivity (Wildman–Crippen MR) is 91.3 cm³/mol. The smallest absolute Gasteiger partial charge is 0.0782 e. The third-order valence-electron chi connectivity index (χ3n) is 4.57. The lowest BCUT2D eigenvalue weighted by molar-refractivity contribution is 0.903. The van der Waals surface area contributed by atoms with Crippen molar-refractivity contribution in [1.82, 2.24) is 0 Å². The van der Waals surface area contributed by atoms with Gasteiger partial charge in [0.05, 0.1) is 14.5 Å². The number of hydrogen-bond donors (Lipinski definition) is 0. The Morgan fingerprint density at radius 2 is 0.625 bits per heavy atom. The van der Waals surface area contributed by atoms with E-state index in [0.717, 1.165) is 22.2 Å². The van der Waals surface area contributed by atoms with Crippen LogP contribution in [-0.4, -0.2) is 14.5 Å². The number of rotatable bonds is 5. The van der Waals surface area contributed by atoms with Crippen molar-refractivity contribution in [3.63, 3.8) is 0 Å². The molecule has 0 nitrogen and oxygen atoms in total. The fourth-order valence-corrected chi connectivity index (χ4v) is 34.0. The Morgan fingerprint density at radius 1 is 0.500 bits per heavy atom. The summed E-state index contributed by atoms with van der Waals surface area (Å²) in [5.74, 6) is 0. The molecule has 0 aromatic heterocycles. The van der Waals surface area contributed by atoms with Crippen molar-refractivity contribution in [2.75, 3.05) is 0 Å². The SMILES string of the molecule is CC(C)[Si](P)(C(C)C)[Si](P)(C(C)C)C(C)C. The van der Waals surface area contributed by atoms with Crippen LogP contribution in [0.2, 0.25) is 22.2 Å². The highest BCUT2D eigenvalue weighted by molar-refractivity contribution is 8.05. The molecule has 16 heavy (non-hydrogen) atoms. The van der Waals surface area contributed by atoms with E-state index >= 15 is 0 Å². The lowest BCUT2D eigenvalue weighted by Crippen LogP contribution is -2.62. The van der Waals surface area contributed by atoms with Crippen LogP contribution in [0.5, 0.6) is 0 Å². The van der Waals surface area contributed by atoms with Crippen LogP contribution >= 0.6 is 17.6 Å². The van der Waals surface area contributed by atoms with Crippen molar-refractivity contribution in [2.45, 2.75) is 77.6 Å². The molecule has 98 valence electrons. The molecule has 0 radical (unpaired) electrons. The Balaban J connectivity index is 5.64. The highest BCUT2D eigenvalue weighted by Gasteiger charge is 2.55. The van der Waals surface area contributed by atoms with Gasteiger partial charge in [0, 0.05) is 0 Å². The van der Waals surface area contributed by atoms with Crippen molar-refractivity contribution in [3.05, 3.63) is 0 Å². The van der Waals surface area contributed by atoms with Gasteiger partial charge in [-0.3, -0.25) is 0 Å². The highest BCUT2D eigenvalue weighted by atomic mass is 31.4. The molecule has 0 N–H and O–H groups in total. The summed E-state index contributed by atoms with van der Waals surface area (Å²) in [4.78, 5) is 0. The third-order valence-corrected chi connectivity index (χ3v) is 45.1. The van der Waals surface area contributed by atoms with E-state index in [2.05, 4.69) is 73.0 Å². The van der Waals surface area contributed by atoms with Gasteiger partial charge < -0.3 is 0 Å². The van der Waals surface area contributed by atoms with E-state index in [0.29, 0.717) is 0 Å². The van der Waals surface area contributed by atoms with Crippen LogP contribution in [0.1, 0.15) is 55.4 Å². The Kier molecular flexibility index (Phi) is 6.44. The van der Waals surface area contributed by atoms with E-state index in [4.69, 9.17) is 0 Å². The average Bonchev–Trinajstić information content (AvgIpc) is 2.13. The third kappa shape index (κ3) is 2.66. The maximum Gasteiger partial charge on any atom is 0.0782 e. The van der Waals surface area contributed by atoms with Crippen LogP contribution in [0.15, 0.2) is 0 Å². The van der Waals surface area contributed by atoms with Gasteiger partial charge in [-0.2, -0.15) is 0 Å². The zero-order valence-electron chi connectivity index (χ0n) is 12.5. The van der Waals surface area contributed by atoms with Gasteiger partial charge in [0.15, 0.2) is 0 Å². The maximum atomic E-state index is 3.41. The van der Waals surface area contributed by atoms with Crippen molar-refractivity contribution in [3.8, 4) is 0 Å². The lowest BCUT2D eigenvalue weighted by atomic mass is 10.5. The lowest BCUT2D eigenvalue weighted by Gasteiger charge is -2.53. The highest BCUT2D eigenvalue weighted by Crippen LogP contribution is 2.56. The maximum absolute atomic E-state index is 3.41. The van der Waals surface area contributed by atoms with Gasteiger partial charge in [-0.1, -0.05) is 55.4 Å². The zero-order chi connectivity index (χ0) is 13.3. The first-order valence-electron chi connectivity index (χ1n) is 6.60. The van der Waals surface area contributed by atoms with Crippen molar-refractivity contribution in [1.29, 1.82) is 0 Å². The van der Waals surface area contributed by atoms with Crippen LogP contribution in [0.4, 0.5) is 0 Å². The minimum absolute atomic E-state index is 0.867. The van der Waals surface area contributed by atoms with Crippen LogP contribution in [0, 0.1) is 0 Å². The summed E-state index contributed by atoms with van der Waals surface area (Å²) >= 11 is 0. The second-order valence-corrected chi connectivity index (χ2v) is 29.2. The molecule has 0 rings (SSSR count). The first-order chi connectivity index (χ1) is 7.02. The second kappa shape index (κ2) is 5.96. The molecule has 0 aliphatic heterocycles. The minimum atomic E-state index is -1.27. The van der Waals surface area contributed by atoms with Crippen LogP contribution < -0.4 is 0 Å². The van der Waals surface area contributed by atoms with E-state index in [-0.39, 0.29) is 0 Å². The van der Waals surface area contributed by atoms with Gasteiger partial charge in [-0.15, -0.1) is 17.6 Å². The van der Waals surface area contributed by atoms with Gasteiger partial charge in [0.25, 0.3) is 0 Å². The van der Waals surface area contributed by atoms with Crippen molar-refractivity contribution in [2.24, 2.45) is 0 Å². The standard InChI is InChI=1S/C12H32P2Si2/c1-9(2)15(13,10(3)4)16(14,11(5)6)12(7)8/h9-12H,13-14H2,1-8H3. The van der Waals surface area contributed by atoms with Crippen LogP contribution in [0.3, 0.4) is 0 Å². The topological polar surface area (TPSA) is 0 Å². The van der Waals surface area contributed by atoms with Gasteiger partial charge >= 0.3 is 0 Å². The van der Waals surface area contributed by atoms with E-state index in [1.807, 2.05) is 0 Å². The minimum Gasteiger partial charge on any atom is -0.150 e. The molecular weight excluding hydrogens is 262 g/mol. The van der Waals surface area contributed by atoms with E-state index in [1.165, 1.54) is 0 Å². The molecule has 0 heterocycles. The monoisotopic (exact) mass is 294 g/mol. The van der Waals surface area contributed by atoms with Crippen LogP contribution in [0.25, 0.3) is 0 Å². The van der Waals surface area contributed by atoms with E-state index < -0.39 is 14.5 Å². The summed E-state index contributed by atoms with van der Waals surface area (Å²) in [7, 11) is 4.29. The predicted octanol–water partition coefficient (Wildman–Crippen LogP) is 5.35. The normalized spacial score (nSPS) is 14.6. The molecule has 2 unspecified atom stereocenters. The van der Waals surface area contributed by atoms with Gasteiger partial charge in [-0.05, 0) is 22.2 Å². The molecule has 0 spiro atoms. The molecule has 2 atom stereocenters. The first kappa shape index (κ1) is 17.3. The summed E-state index contributed by atoms with van der Waals surface area (Å²) in [6.07, 6.45) is 0. The molecule has 0 fully saturated rings. The molecule has 0 aromatic carbocycles. The molecule has 0 aromatic rings. The summed E-state index contributed by atoms with van der Waals surface area (Å²) in [6.45, 7) is 19.6. The van der Waals surface area contributed by atoms with Gasteiger partial charge in [-0.25, -0.2) is 0 Å². The molecule has 0 amide bonds. The fourth-order valence-electron chi connectivity index (χ4n) is 3.33. The van der Waals surface area contributed by atoms with Crippen molar-refractivity contribution < 1.29 is 0 Å². The summed E-state index contributed by atoms with van der Waals surface area (Å²) in [5, 5.41) is 0. The summed E-state index contributed by atoms with van der Waals surface area (Å²) in [6, 6.07) is 0. The Morgan fingerprint density at radius 3 is 0.688 bits per heavy atom. The Hall–Kier alpha value is 1.29. The average molecular weight is 295 g/mol. The molecule has 0 aliphatic carbocycles. The quantitative estimate of drug-likeness (QED) is 0.474. The largest absolute Gasteiger partial charge is 0.150 e. The van der Waals surface area contributed by atoms with E-state index in [9.17, 15) is 0 Å². The van der Waals surface area contributed by atoms with E-state index in [1.54, 1.807) is 0 Å². The fraction of sp³-hybridized carbons (Fsp3) is 1.00. The molecule has 4 heteroatoms. The summed E-state index contributed by atoms with van der Waals surface area (Å²) in [5.41, 5.74) is 3.47. The van der Waals surface area contributed by atoms with Gasteiger partial charge in [0.1, 0.15) is 0 Å². The molecule has 0 saturated carbocycles. The second-order valence-electron chi connectivity index (χ2n) is 6.48. The van der Waals surface area contributed by atoms with Crippen LogP contribution in [-0.2, 0) is 0 Å². The number of hydrogen-bond acceptors (Lipinski definition) is 0. The Labute approximate surface area is 110 Å². The molecule has 0 aliphatic rings. The molecule has 0 bridgehead atoms. The van der Waals surface area contributed by atoms with Gasteiger partial charge in [0.2, 0.25) is 0 Å². The van der Waals surface area contributed by atoms with Crippen molar-refractivity contribution >= 4 is 32.1 Å². The zero-order valence-corrected chi connectivity index (χ0v) is 16.8. The first-order valence-corrected chi connectivity index (χ1v) is 15.5. The summed E-state index contributed by atoms with van der Waals surface area (Å²) < 4.78 is 0. The molecular formula is C12H32P2Si2. The Bertz CT molecular complexity index is 185. The molecule has 0 saturated heterocycles.